The van der Waals surface area contributed by atoms with E-state index in [9.17, 15) is 14.4 Å². The summed E-state index contributed by atoms with van der Waals surface area (Å²) in [4.78, 5) is 34.9. The van der Waals surface area contributed by atoms with E-state index in [0.717, 1.165) is 5.56 Å². The number of carbonyl (C=O) groups is 3. The fourth-order valence-corrected chi connectivity index (χ4v) is 2.63. The third-order valence-corrected chi connectivity index (χ3v) is 4.04. The van der Waals surface area contributed by atoms with Crippen LogP contribution in [0.2, 0.25) is 0 Å². The zero-order chi connectivity index (χ0) is 17.4. The molecule has 0 bridgehead atoms. The highest BCUT2D eigenvalue weighted by Crippen LogP contribution is 2.05. The molecule has 0 aliphatic rings. The molecule has 0 unspecified atom stereocenters. The second-order valence-corrected chi connectivity index (χ2v) is 5.85. The summed E-state index contributed by atoms with van der Waals surface area (Å²) >= 11 is 1.45. The second kappa shape index (κ2) is 8.83. The molecular weight excluding hydrogens is 326 g/mol. The van der Waals surface area contributed by atoms with E-state index in [1.807, 2.05) is 5.38 Å². The smallest absolute Gasteiger partial charge is 0.252 e. The van der Waals surface area contributed by atoms with E-state index < -0.39 is 0 Å². The highest BCUT2D eigenvalue weighted by Gasteiger charge is 2.07. The molecule has 2 aromatic rings. The average Bonchev–Trinajstić information content (AvgIpc) is 3.14. The van der Waals surface area contributed by atoms with Gasteiger partial charge in [-0.1, -0.05) is 12.1 Å². The van der Waals surface area contributed by atoms with Crippen LogP contribution < -0.4 is 16.0 Å². The zero-order valence-corrected chi connectivity index (χ0v) is 14.1. The van der Waals surface area contributed by atoms with Gasteiger partial charge in [-0.3, -0.25) is 14.4 Å². The summed E-state index contributed by atoms with van der Waals surface area (Å²) in [5.41, 5.74) is 2.08. The molecule has 2 rings (SSSR count). The Labute approximate surface area is 144 Å². The Kier molecular flexibility index (Phi) is 6.51. The Morgan fingerprint density at radius 2 is 1.71 bits per heavy atom. The lowest BCUT2D eigenvalue weighted by Crippen LogP contribution is -2.30. The van der Waals surface area contributed by atoms with Crippen LogP contribution in [0, 0.1) is 0 Å². The van der Waals surface area contributed by atoms with Crippen LogP contribution in [0.25, 0.3) is 0 Å². The average molecular weight is 345 g/mol. The third kappa shape index (κ3) is 5.20. The molecule has 1 aromatic heterocycles. The number of carbonyl (C=O) groups excluding carboxylic acids is 3. The molecule has 0 saturated heterocycles. The normalized spacial score (nSPS) is 10.0. The molecule has 1 heterocycles. The summed E-state index contributed by atoms with van der Waals surface area (Å²) in [6.45, 7) is 0.668. The number of hydrogen-bond acceptors (Lipinski definition) is 4. The summed E-state index contributed by atoms with van der Waals surface area (Å²) in [7, 11) is 1.58. The van der Waals surface area contributed by atoms with Gasteiger partial charge in [-0.15, -0.1) is 0 Å². The van der Waals surface area contributed by atoms with Crippen molar-refractivity contribution in [3.8, 4) is 0 Å². The van der Waals surface area contributed by atoms with E-state index in [1.54, 1.807) is 42.8 Å². The Morgan fingerprint density at radius 1 is 0.958 bits per heavy atom. The van der Waals surface area contributed by atoms with Crippen molar-refractivity contribution in [1.82, 2.24) is 16.0 Å². The zero-order valence-electron chi connectivity index (χ0n) is 13.3. The number of rotatable bonds is 7. The molecule has 7 heteroatoms. The fourth-order valence-electron chi connectivity index (χ4n) is 1.99. The molecule has 0 aliphatic heterocycles. The van der Waals surface area contributed by atoms with Gasteiger partial charge in [0, 0.05) is 43.1 Å². The molecule has 0 aliphatic carbocycles. The minimum Gasteiger partial charge on any atom is -0.355 e. The van der Waals surface area contributed by atoms with Crippen molar-refractivity contribution in [2.45, 2.75) is 13.0 Å². The van der Waals surface area contributed by atoms with E-state index in [2.05, 4.69) is 16.0 Å². The minimum absolute atomic E-state index is 0.143. The first-order valence-electron chi connectivity index (χ1n) is 7.48. The van der Waals surface area contributed by atoms with Crippen LogP contribution in [0.3, 0.4) is 0 Å². The fraction of sp³-hybridized carbons (Fsp3) is 0.235. The predicted octanol–water partition coefficient (Wildman–Crippen LogP) is 1.54. The lowest BCUT2D eigenvalue weighted by Gasteiger charge is -2.07. The highest BCUT2D eigenvalue weighted by molar-refractivity contribution is 7.08. The summed E-state index contributed by atoms with van der Waals surface area (Å²) in [5, 5.41) is 11.6. The van der Waals surface area contributed by atoms with Gasteiger partial charge in [0.15, 0.2) is 0 Å². The number of hydrogen-bond donors (Lipinski definition) is 3. The third-order valence-electron chi connectivity index (χ3n) is 3.35. The van der Waals surface area contributed by atoms with Crippen molar-refractivity contribution >= 4 is 29.1 Å². The summed E-state index contributed by atoms with van der Waals surface area (Å²) in [6, 6.07) is 8.75. The van der Waals surface area contributed by atoms with Crippen LogP contribution in [0.5, 0.6) is 0 Å². The van der Waals surface area contributed by atoms with Crippen LogP contribution in [0.4, 0.5) is 0 Å². The molecule has 0 saturated carbocycles. The lowest BCUT2D eigenvalue weighted by molar-refractivity contribution is -0.121. The van der Waals surface area contributed by atoms with Gasteiger partial charge < -0.3 is 16.0 Å². The van der Waals surface area contributed by atoms with E-state index in [0.29, 0.717) is 17.7 Å². The molecule has 0 atom stereocenters. The Bertz CT molecular complexity index is 696. The van der Waals surface area contributed by atoms with Crippen LogP contribution in [0.15, 0.2) is 41.1 Å². The molecule has 6 nitrogen and oxygen atoms in total. The van der Waals surface area contributed by atoms with Gasteiger partial charge >= 0.3 is 0 Å². The van der Waals surface area contributed by atoms with Gasteiger partial charge in [-0.2, -0.15) is 11.3 Å². The molecule has 3 N–H and O–H groups in total. The molecule has 0 fully saturated rings. The SMILES string of the molecule is CNC(=O)c1ccc(CNC(=O)CCNC(=O)c2ccsc2)cc1. The van der Waals surface area contributed by atoms with Gasteiger partial charge in [0.05, 0.1) is 0 Å². The number of thiophene rings is 1. The Hall–Kier alpha value is -2.67. The molecule has 1 aromatic carbocycles. The van der Waals surface area contributed by atoms with Crippen LogP contribution >= 0.6 is 11.3 Å². The topological polar surface area (TPSA) is 87.3 Å². The summed E-state index contributed by atoms with van der Waals surface area (Å²) < 4.78 is 0. The molecule has 0 spiro atoms. The second-order valence-electron chi connectivity index (χ2n) is 5.07. The van der Waals surface area contributed by atoms with Crippen molar-refractivity contribution in [1.29, 1.82) is 0 Å². The molecule has 126 valence electrons. The first-order valence-corrected chi connectivity index (χ1v) is 8.42. The maximum absolute atomic E-state index is 11.8. The van der Waals surface area contributed by atoms with Gasteiger partial charge in [0.25, 0.3) is 11.8 Å². The van der Waals surface area contributed by atoms with E-state index >= 15 is 0 Å². The van der Waals surface area contributed by atoms with Crippen LogP contribution in [0.1, 0.15) is 32.7 Å². The summed E-state index contributed by atoms with van der Waals surface area (Å²) in [5.74, 6) is -0.461. The van der Waals surface area contributed by atoms with Gasteiger partial charge in [-0.25, -0.2) is 0 Å². The van der Waals surface area contributed by atoms with E-state index in [1.165, 1.54) is 11.3 Å². The Morgan fingerprint density at radius 3 is 2.33 bits per heavy atom. The predicted molar refractivity (Wildman–Crippen MR) is 92.9 cm³/mol. The van der Waals surface area contributed by atoms with Crippen LogP contribution in [-0.4, -0.2) is 31.3 Å². The first-order chi connectivity index (χ1) is 11.6. The quantitative estimate of drug-likeness (QED) is 0.711. The van der Waals surface area contributed by atoms with Crippen molar-refractivity contribution in [3.63, 3.8) is 0 Å². The van der Waals surface area contributed by atoms with Gasteiger partial charge in [0.2, 0.25) is 5.91 Å². The van der Waals surface area contributed by atoms with Crippen molar-refractivity contribution in [2.24, 2.45) is 0 Å². The molecular formula is C17H19N3O3S. The Balaban J connectivity index is 1.69. The van der Waals surface area contributed by atoms with Crippen molar-refractivity contribution < 1.29 is 14.4 Å². The maximum Gasteiger partial charge on any atom is 0.252 e. The van der Waals surface area contributed by atoms with Crippen molar-refractivity contribution in [3.05, 3.63) is 57.8 Å². The summed E-state index contributed by atoms with van der Waals surface area (Å²) in [6.07, 6.45) is 0.214. The standard InChI is InChI=1S/C17H19N3O3S/c1-18-16(22)13-4-2-12(3-5-13)10-20-15(21)6-8-19-17(23)14-7-9-24-11-14/h2-5,7,9,11H,6,8,10H2,1H3,(H,18,22)(H,19,23)(H,20,21). The van der Waals surface area contributed by atoms with E-state index in [4.69, 9.17) is 0 Å². The lowest BCUT2D eigenvalue weighted by atomic mass is 10.1. The number of amides is 3. The maximum atomic E-state index is 11.8. The molecule has 24 heavy (non-hydrogen) atoms. The largest absolute Gasteiger partial charge is 0.355 e. The minimum atomic E-state index is -0.172. The monoisotopic (exact) mass is 345 g/mol. The van der Waals surface area contributed by atoms with Crippen molar-refractivity contribution in [2.75, 3.05) is 13.6 Å². The molecule has 0 radical (unpaired) electrons. The first kappa shape index (κ1) is 17.7. The van der Waals surface area contributed by atoms with Gasteiger partial charge in [-0.05, 0) is 29.1 Å². The molecule has 3 amide bonds. The van der Waals surface area contributed by atoms with Gasteiger partial charge in [0.1, 0.15) is 0 Å². The highest BCUT2D eigenvalue weighted by atomic mass is 32.1. The van der Waals surface area contributed by atoms with E-state index in [-0.39, 0.29) is 30.7 Å². The number of benzene rings is 1. The van der Waals surface area contributed by atoms with Crippen LogP contribution in [-0.2, 0) is 11.3 Å². The number of nitrogens with one attached hydrogen (secondary N) is 3.